The maximum atomic E-state index is 10.9. The summed E-state index contributed by atoms with van der Waals surface area (Å²) in [4.78, 5) is 14.9. The first-order chi connectivity index (χ1) is 7.43. The second kappa shape index (κ2) is 5.07. The van der Waals surface area contributed by atoms with Gasteiger partial charge in [0.15, 0.2) is 0 Å². The molecule has 1 heterocycles. The molecule has 4 nitrogen and oxygen atoms in total. The van der Waals surface area contributed by atoms with Crippen LogP contribution in [0.5, 0.6) is 0 Å². The van der Waals surface area contributed by atoms with E-state index in [2.05, 4.69) is 10.3 Å². The number of nitrogens with zero attached hydrogens (tertiary/aromatic N) is 1. The van der Waals surface area contributed by atoms with Crippen molar-refractivity contribution in [3.63, 3.8) is 0 Å². The summed E-state index contributed by atoms with van der Waals surface area (Å²) in [5, 5.41) is 12.2. The third-order valence-electron chi connectivity index (χ3n) is 2.61. The van der Waals surface area contributed by atoms with Gasteiger partial charge in [0.2, 0.25) is 0 Å². The predicted molar refractivity (Wildman–Crippen MR) is 62.1 cm³/mol. The van der Waals surface area contributed by atoms with Gasteiger partial charge in [0.05, 0.1) is 5.41 Å². The van der Waals surface area contributed by atoms with E-state index in [1.165, 1.54) is 0 Å². The van der Waals surface area contributed by atoms with Crippen LogP contribution in [0.3, 0.4) is 0 Å². The van der Waals surface area contributed by atoms with Crippen LogP contribution in [-0.2, 0) is 4.79 Å². The number of aliphatic carboxylic acids is 1. The Kier molecular flexibility index (Phi) is 4.01. The molecule has 1 aromatic rings. The molecular formula is C12H18N2O2. The second-order valence-electron chi connectivity index (χ2n) is 4.58. The molecule has 2 N–H and O–H groups in total. The zero-order valence-electron chi connectivity index (χ0n) is 9.90. The van der Waals surface area contributed by atoms with E-state index in [-0.39, 0.29) is 6.04 Å². The van der Waals surface area contributed by atoms with Gasteiger partial charge in [-0.25, -0.2) is 0 Å². The number of rotatable bonds is 5. The van der Waals surface area contributed by atoms with Gasteiger partial charge in [-0.3, -0.25) is 9.78 Å². The molecule has 0 spiro atoms. The van der Waals surface area contributed by atoms with Crippen LogP contribution < -0.4 is 5.32 Å². The molecule has 0 amide bonds. The van der Waals surface area contributed by atoms with E-state index < -0.39 is 11.4 Å². The highest BCUT2D eigenvalue weighted by Crippen LogP contribution is 2.16. The van der Waals surface area contributed by atoms with Crippen LogP contribution in [0.1, 0.15) is 32.4 Å². The lowest BCUT2D eigenvalue weighted by molar-refractivity contribution is -0.146. The van der Waals surface area contributed by atoms with Gasteiger partial charge >= 0.3 is 5.97 Å². The molecule has 0 aromatic carbocycles. The highest BCUT2D eigenvalue weighted by Gasteiger charge is 2.27. The Morgan fingerprint density at radius 2 is 2.31 bits per heavy atom. The molecular weight excluding hydrogens is 204 g/mol. The predicted octanol–water partition coefficient (Wildman–Crippen LogP) is 1.84. The molecule has 0 aliphatic heterocycles. The average molecular weight is 222 g/mol. The van der Waals surface area contributed by atoms with Crippen LogP contribution in [-0.4, -0.2) is 22.6 Å². The van der Waals surface area contributed by atoms with Crippen LogP contribution in [0.2, 0.25) is 0 Å². The Morgan fingerprint density at radius 3 is 2.81 bits per heavy atom. The molecule has 0 aliphatic rings. The standard InChI is InChI=1S/C12H18N2O2/c1-9(10-5-4-6-13-7-10)14-8-12(2,3)11(15)16/h4-7,9,14H,8H2,1-3H3,(H,15,16)/t9-/m1/s1. The van der Waals surface area contributed by atoms with Crippen LogP contribution in [0.15, 0.2) is 24.5 Å². The Bertz CT molecular complexity index is 349. The molecule has 0 unspecified atom stereocenters. The van der Waals surface area contributed by atoms with Crippen molar-refractivity contribution >= 4 is 5.97 Å². The minimum absolute atomic E-state index is 0.104. The Morgan fingerprint density at radius 1 is 1.62 bits per heavy atom. The lowest BCUT2D eigenvalue weighted by atomic mass is 9.93. The van der Waals surface area contributed by atoms with Gasteiger partial charge in [-0.05, 0) is 32.4 Å². The fraction of sp³-hybridized carbons (Fsp3) is 0.500. The van der Waals surface area contributed by atoms with Crippen molar-refractivity contribution in [3.05, 3.63) is 30.1 Å². The van der Waals surface area contributed by atoms with E-state index in [0.29, 0.717) is 6.54 Å². The summed E-state index contributed by atoms with van der Waals surface area (Å²) in [6.07, 6.45) is 3.50. The molecule has 0 bridgehead atoms. The van der Waals surface area contributed by atoms with Gasteiger partial charge in [-0.15, -0.1) is 0 Å². The fourth-order valence-corrected chi connectivity index (χ4v) is 1.23. The van der Waals surface area contributed by atoms with E-state index in [1.54, 1.807) is 26.2 Å². The smallest absolute Gasteiger partial charge is 0.310 e. The van der Waals surface area contributed by atoms with Gasteiger partial charge in [0, 0.05) is 25.0 Å². The zero-order valence-corrected chi connectivity index (χ0v) is 9.90. The number of hydrogen-bond donors (Lipinski definition) is 2. The van der Waals surface area contributed by atoms with Gasteiger partial charge in [-0.1, -0.05) is 6.07 Å². The monoisotopic (exact) mass is 222 g/mol. The molecule has 0 saturated carbocycles. The van der Waals surface area contributed by atoms with Crippen LogP contribution in [0.4, 0.5) is 0 Å². The Balaban J connectivity index is 2.54. The van der Waals surface area contributed by atoms with Crippen molar-refractivity contribution < 1.29 is 9.90 Å². The molecule has 16 heavy (non-hydrogen) atoms. The summed E-state index contributed by atoms with van der Waals surface area (Å²) in [5.74, 6) is -0.793. The third-order valence-corrected chi connectivity index (χ3v) is 2.61. The first kappa shape index (κ1) is 12.6. The summed E-state index contributed by atoms with van der Waals surface area (Å²) < 4.78 is 0. The van der Waals surface area contributed by atoms with E-state index in [1.807, 2.05) is 19.1 Å². The average Bonchev–Trinajstić information content (AvgIpc) is 2.27. The van der Waals surface area contributed by atoms with Crippen molar-refractivity contribution in [2.75, 3.05) is 6.54 Å². The van der Waals surface area contributed by atoms with E-state index in [9.17, 15) is 4.79 Å². The topological polar surface area (TPSA) is 62.2 Å². The molecule has 1 atom stereocenters. The summed E-state index contributed by atoms with van der Waals surface area (Å²) in [5.41, 5.74) is 0.305. The maximum Gasteiger partial charge on any atom is 0.310 e. The fourth-order valence-electron chi connectivity index (χ4n) is 1.23. The highest BCUT2D eigenvalue weighted by molar-refractivity contribution is 5.73. The SMILES string of the molecule is C[C@@H](NCC(C)(C)C(=O)O)c1cccnc1. The summed E-state index contributed by atoms with van der Waals surface area (Å²) in [7, 11) is 0. The van der Waals surface area contributed by atoms with Crippen LogP contribution in [0, 0.1) is 5.41 Å². The largest absolute Gasteiger partial charge is 0.481 e. The number of carbonyl (C=O) groups is 1. The van der Waals surface area contributed by atoms with Crippen molar-refractivity contribution in [3.8, 4) is 0 Å². The first-order valence-corrected chi connectivity index (χ1v) is 5.30. The second-order valence-corrected chi connectivity index (χ2v) is 4.58. The first-order valence-electron chi connectivity index (χ1n) is 5.30. The molecule has 0 saturated heterocycles. The Hall–Kier alpha value is -1.42. The Labute approximate surface area is 95.7 Å². The molecule has 1 aromatic heterocycles. The normalized spacial score (nSPS) is 13.4. The van der Waals surface area contributed by atoms with Crippen molar-refractivity contribution in [2.24, 2.45) is 5.41 Å². The van der Waals surface area contributed by atoms with Crippen molar-refractivity contribution in [1.29, 1.82) is 0 Å². The number of aromatic nitrogens is 1. The molecule has 88 valence electrons. The zero-order chi connectivity index (χ0) is 12.2. The van der Waals surface area contributed by atoms with Gasteiger partial charge < -0.3 is 10.4 Å². The van der Waals surface area contributed by atoms with Gasteiger partial charge in [-0.2, -0.15) is 0 Å². The minimum atomic E-state index is -0.793. The van der Waals surface area contributed by atoms with E-state index in [4.69, 9.17) is 5.11 Å². The lowest BCUT2D eigenvalue weighted by Gasteiger charge is -2.22. The minimum Gasteiger partial charge on any atom is -0.481 e. The molecule has 0 fully saturated rings. The summed E-state index contributed by atoms with van der Waals surface area (Å²) >= 11 is 0. The number of carboxylic acids is 1. The van der Waals surface area contributed by atoms with Gasteiger partial charge in [0.25, 0.3) is 0 Å². The number of carboxylic acid groups (broad SMARTS) is 1. The van der Waals surface area contributed by atoms with Gasteiger partial charge in [0.1, 0.15) is 0 Å². The van der Waals surface area contributed by atoms with E-state index >= 15 is 0 Å². The highest BCUT2D eigenvalue weighted by atomic mass is 16.4. The number of nitrogens with one attached hydrogen (secondary N) is 1. The van der Waals surface area contributed by atoms with Crippen molar-refractivity contribution in [1.82, 2.24) is 10.3 Å². The van der Waals surface area contributed by atoms with Crippen LogP contribution >= 0.6 is 0 Å². The van der Waals surface area contributed by atoms with E-state index in [0.717, 1.165) is 5.56 Å². The lowest BCUT2D eigenvalue weighted by Crippen LogP contribution is -2.37. The van der Waals surface area contributed by atoms with Crippen LogP contribution in [0.25, 0.3) is 0 Å². The summed E-state index contributed by atoms with van der Waals surface area (Å²) in [6.45, 7) is 5.84. The maximum absolute atomic E-state index is 10.9. The molecule has 0 aliphatic carbocycles. The van der Waals surface area contributed by atoms with Crippen molar-refractivity contribution in [2.45, 2.75) is 26.8 Å². The summed E-state index contributed by atoms with van der Waals surface area (Å²) in [6, 6.07) is 3.95. The number of pyridine rings is 1. The third kappa shape index (κ3) is 3.31. The quantitative estimate of drug-likeness (QED) is 0.798. The molecule has 4 heteroatoms. The molecule has 0 radical (unpaired) electrons. The molecule has 1 rings (SSSR count). The number of hydrogen-bond acceptors (Lipinski definition) is 3.